The smallest absolute Gasteiger partial charge is 0.0561 e. The van der Waals surface area contributed by atoms with Crippen LogP contribution in [0.3, 0.4) is 0 Å². The summed E-state index contributed by atoms with van der Waals surface area (Å²) in [6.07, 6.45) is 3.92. The molecule has 1 saturated heterocycles. The predicted octanol–water partition coefficient (Wildman–Crippen LogP) is 2.47. The van der Waals surface area contributed by atoms with Crippen molar-refractivity contribution in [3.63, 3.8) is 0 Å². The van der Waals surface area contributed by atoms with Gasteiger partial charge in [-0.15, -0.1) is 11.3 Å². The van der Waals surface area contributed by atoms with Gasteiger partial charge in [0.15, 0.2) is 0 Å². The van der Waals surface area contributed by atoms with Crippen LogP contribution in [0.25, 0.3) is 0 Å². The van der Waals surface area contributed by atoms with E-state index in [1.807, 2.05) is 11.3 Å². The third-order valence-corrected chi connectivity index (χ3v) is 4.93. The first-order valence-electron chi connectivity index (χ1n) is 7.33. The van der Waals surface area contributed by atoms with Crippen molar-refractivity contribution in [3.8, 4) is 0 Å². The minimum Gasteiger partial charge on any atom is -0.314 e. The van der Waals surface area contributed by atoms with Crippen LogP contribution in [0.15, 0.2) is 17.5 Å². The molecule has 1 fully saturated rings. The van der Waals surface area contributed by atoms with E-state index < -0.39 is 0 Å². The second kappa shape index (κ2) is 7.39. The minimum absolute atomic E-state index is 0.485. The number of nitrogens with zero attached hydrogens (tertiary/aromatic N) is 1. The number of thiophene rings is 1. The Morgan fingerprint density at radius 2 is 2.37 bits per heavy atom. The first kappa shape index (κ1) is 15.0. The average Bonchev–Trinajstić information content (AvgIpc) is 3.01. The maximum atomic E-state index is 3.70. The lowest BCUT2D eigenvalue weighted by atomic mass is 10.1. The largest absolute Gasteiger partial charge is 0.314 e. The van der Waals surface area contributed by atoms with Gasteiger partial charge in [0.25, 0.3) is 0 Å². The number of hydrogen-bond donors (Lipinski definition) is 2. The highest BCUT2D eigenvalue weighted by Crippen LogP contribution is 2.22. The molecule has 4 heteroatoms. The van der Waals surface area contributed by atoms with Gasteiger partial charge in [0.2, 0.25) is 0 Å². The number of likely N-dealkylation sites (N-methyl/N-ethyl adjacent to an activating group) is 1. The van der Waals surface area contributed by atoms with Crippen molar-refractivity contribution < 1.29 is 0 Å². The van der Waals surface area contributed by atoms with Crippen LogP contribution in [0.5, 0.6) is 0 Å². The SMILES string of the molecule is CC(CC1CCCN1)NCC(c1cccs1)N(C)C. The molecule has 108 valence electrons. The first-order valence-corrected chi connectivity index (χ1v) is 8.21. The molecule has 1 aliphatic heterocycles. The van der Waals surface area contributed by atoms with E-state index in [-0.39, 0.29) is 0 Å². The Bertz CT molecular complexity index is 344. The molecule has 19 heavy (non-hydrogen) atoms. The van der Waals surface area contributed by atoms with Gasteiger partial charge in [-0.25, -0.2) is 0 Å². The summed E-state index contributed by atoms with van der Waals surface area (Å²) in [5.74, 6) is 0. The fraction of sp³-hybridized carbons (Fsp3) is 0.733. The molecule has 0 saturated carbocycles. The Morgan fingerprint density at radius 3 is 2.95 bits per heavy atom. The quantitative estimate of drug-likeness (QED) is 0.804. The minimum atomic E-state index is 0.485. The Kier molecular flexibility index (Phi) is 5.82. The third kappa shape index (κ3) is 4.56. The molecule has 3 unspecified atom stereocenters. The Morgan fingerprint density at radius 1 is 1.53 bits per heavy atom. The van der Waals surface area contributed by atoms with E-state index in [4.69, 9.17) is 0 Å². The van der Waals surface area contributed by atoms with Gasteiger partial charge in [-0.1, -0.05) is 6.07 Å². The van der Waals surface area contributed by atoms with Gasteiger partial charge >= 0.3 is 0 Å². The van der Waals surface area contributed by atoms with Gasteiger partial charge in [-0.05, 0) is 58.3 Å². The lowest BCUT2D eigenvalue weighted by Gasteiger charge is -2.26. The van der Waals surface area contributed by atoms with Crippen molar-refractivity contribution in [1.29, 1.82) is 0 Å². The van der Waals surface area contributed by atoms with Gasteiger partial charge in [0.1, 0.15) is 0 Å². The molecule has 2 heterocycles. The summed E-state index contributed by atoms with van der Waals surface area (Å²) in [4.78, 5) is 3.75. The second-order valence-electron chi connectivity index (χ2n) is 5.83. The molecule has 1 aromatic rings. The molecular formula is C15H27N3S. The van der Waals surface area contributed by atoms with Crippen molar-refractivity contribution in [3.05, 3.63) is 22.4 Å². The Labute approximate surface area is 121 Å². The van der Waals surface area contributed by atoms with Crippen LogP contribution in [0.4, 0.5) is 0 Å². The monoisotopic (exact) mass is 281 g/mol. The fourth-order valence-corrected chi connectivity index (χ4v) is 3.72. The van der Waals surface area contributed by atoms with E-state index in [0.717, 1.165) is 12.6 Å². The highest BCUT2D eigenvalue weighted by Gasteiger charge is 2.19. The molecule has 0 radical (unpaired) electrons. The Hall–Kier alpha value is -0.420. The van der Waals surface area contributed by atoms with E-state index in [0.29, 0.717) is 12.1 Å². The van der Waals surface area contributed by atoms with Crippen molar-refractivity contribution in [2.24, 2.45) is 0 Å². The fourth-order valence-electron chi connectivity index (χ4n) is 2.80. The van der Waals surface area contributed by atoms with E-state index in [1.165, 1.54) is 30.7 Å². The molecular weight excluding hydrogens is 254 g/mol. The first-order chi connectivity index (χ1) is 9.16. The lowest BCUT2D eigenvalue weighted by molar-refractivity contribution is 0.280. The number of hydrogen-bond acceptors (Lipinski definition) is 4. The average molecular weight is 281 g/mol. The van der Waals surface area contributed by atoms with Crippen molar-refractivity contribution in [2.75, 3.05) is 27.2 Å². The molecule has 3 nitrogen and oxygen atoms in total. The maximum absolute atomic E-state index is 3.70. The van der Waals surface area contributed by atoms with Crippen molar-refractivity contribution in [1.82, 2.24) is 15.5 Å². The van der Waals surface area contributed by atoms with Crippen LogP contribution in [0.1, 0.15) is 37.1 Å². The topological polar surface area (TPSA) is 27.3 Å². The van der Waals surface area contributed by atoms with Gasteiger partial charge in [-0.3, -0.25) is 0 Å². The molecule has 2 rings (SSSR count). The molecule has 0 spiro atoms. The predicted molar refractivity (Wildman–Crippen MR) is 83.9 cm³/mol. The summed E-state index contributed by atoms with van der Waals surface area (Å²) in [7, 11) is 4.32. The van der Waals surface area contributed by atoms with Gasteiger partial charge in [0, 0.05) is 23.5 Å². The van der Waals surface area contributed by atoms with E-state index >= 15 is 0 Å². The summed E-state index contributed by atoms with van der Waals surface area (Å²) < 4.78 is 0. The van der Waals surface area contributed by atoms with Crippen LogP contribution in [-0.2, 0) is 0 Å². The molecule has 0 aliphatic carbocycles. The van der Waals surface area contributed by atoms with Gasteiger partial charge in [-0.2, -0.15) is 0 Å². The molecule has 0 amide bonds. The summed E-state index contributed by atoms with van der Waals surface area (Å²) >= 11 is 1.85. The van der Waals surface area contributed by atoms with E-state index in [9.17, 15) is 0 Å². The molecule has 1 aromatic heterocycles. The van der Waals surface area contributed by atoms with Crippen molar-refractivity contribution >= 4 is 11.3 Å². The molecule has 2 N–H and O–H groups in total. The summed E-state index contributed by atoms with van der Waals surface area (Å²) in [6.45, 7) is 4.54. The van der Waals surface area contributed by atoms with Crippen LogP contribution >= 0.6 is 11.3 Å². The number of rotatable bonds is 7. The normalized spacial score (nSPS) is 22.8. The van der Waals surface area contributed by atoms with Crippen molar-refractivity contribution in [2.45, 2.75) is 44.3 Å². The standard InChI is InChI=1S/C15H27N3S/c1-12(10-13-6-4-8-16-13)17-11-14(18(2)3)15-7-5-9-19-15/h5,7,9,12-14,16-17H,4,6,8,10-11H2,1-3H3. The molecule has 0 aromatic carbocycles. The van der Waals surface area contributed by atoms with E-state index in [1.54, 1.807) is 0 Å². The molecule has 1 aliphatic rings. The van der Waals surface area contributed by atoms with Crippen LogP contribution in [0.2, 0.25) is 0 Å². The summed E-state index contributed by atoms with van der Waals surface area (Å²) in [5.41, 5.74) is 0. The van der Waals surface area contributed by atoms with Gasteiger partial charge < -0.3 is 15.5 Å². The zero-order valence-electron chi connectivity index (χ0n) is 12.4. The third-order valence-electron chi connectivity index (χ3n) is 3.96. The zero-order valence-corrected chi connectivity index (χ0v) is 13.2. The second-order valence-corrected chi connectivity index (χ2v) is 6.81. The highest BCUT2D eigenvalue weighted by atomic mass is 32.1. The number of nitrogens with one attached hydrogen (secondary N) is 2. The van der Waals surface area contributed by atoms with Gasteiger partial charge in [0.05, 0.1) is 6.04 Å². The summed E-state index contributed by atoms with van der Waals surface area (Å²) in [5, 5.41) is 9.45. The maximum Gasteiger partial charge on any atom is 0.0561 e. The zero-order chi connectivity index (χ0) is 13.7. The van der Waals surface area contributed by atoms with Crippen LogP contribution in [0, 0.1) is 0 Å². The molecule has 0 bridgehead atoms. The van der Waals surface area contributed by atoms with Crippen LogP contribution < -0.4 is 10.6 Å². The Balaban J connectivity index is 1.78. The lowest BCUT2D eigenvalue weighted by Crippen LogP contribution is -2.38. The molecule has 3 atom stereocenters. The van der Waals surface area contributed by atoms with Crippen LogP contribution in [-0.4, -0.2) is 44.2 Å². The summed E-state index contributed by atoms with van der Waals surface area (Å²) in [6, 6.07) is 6.17. The highest BCUT2D eigenvalue weighted by molar-refractivity contribution is 7.10. The van der Waals surface area contributed by atoms with E-state index in [2.05, 4.69) is 54.1 Å².